The SMILES string of the molecule is C=CCOc1ccc(/C=N\NC(=O)CN(c2cccc(Cl)c2C)S(=O)(=O)c2ccccc2)cc1. The van der Waals surface area contributed by atoms with Crippen molar-refractivity contribution in [2.45, 2.75) is 11.8 Å². The van der Waals surface area contributed by atoms with E-state index in [1.807, 2.05) is 0 Å². The highest BCUT2D eigenvalue weighted by Gasteiger charge is 2.28. The van der Waals surface area contributed by atoms with Gasteiger partial charge in [-0.3, -0.25) is 9.10 Å². The highest BCUT2D eigenvalue weighted by atomic mass is 35.5. The molecule has 3 rings (SSSR count). The summed E-state index contributed by atoms with van der Waals surface area (Å²) in [6.07, 6.45) is 3.10. The number of sulfonamides is 1. The summed E-state index contributed by atoms with van der Waals surface area (Å²) in [5, 5.41) is 4.34. The summed E-state index contributed by atoms with van der Waals surface area (Å²) in [6, 6.07) is 19.9. The number of ether oxygens (including phenoxy) is 1. The van der Waals surface area contributed by atoms with Gasteiger partial charge in [0.15, 0.2) is 0 Å². The van der Waals surface area contributed by atoms with Crippen LogP contribution >= 0.6 is 11.6 Å². The number of rotatable bonds is 10. The van der Waals surface area contributed by atoms with Crippen molar-refractivity contribution < 1.29 is 17.9 Å². The van der Waals surface area contributed by atoms with Crippen LogP contribution in [0.15, 0.2) is 95.4 Å². The Bertz CT molecular complexity index is 1280. The number of hydrogen-bond donors (Lipinski definition) is 1. The molecule has 0 aliphatic heterocycles. The van der Waals surface area contributed by atoms with Crippen LogP contribution in [0.5, 0.6) is 5.75 Å². The predicted molar refractivity (Wildman–Crippen MR) is 135 cm³/mol. The van der Waals surface area contributed by atoms with Crippen molar-refractivity contribution in [1.82, 2.24) is 5.43 Å². The zero-order valence-corrected chi connectivity index (χ0v) is 20.1. The third-order valence-electron chi connectivity index (χ3n) is 4.78. The summed E-state index contributed by atoms with van der Waals surface area (Å²) in [5.41, 5.74) is 3.96. The molecule has 0 saturated carbocycles. The van der Waals surface area contributed by atoms with E-state index in [0.29, 0.717) is 28.6 Å². The Labute approximate surface area is 204 Å². The smallest absolute Gasteiger partial charge is 0.264 e. The van der Waals surface area contributed by atoms with Crippen molar-refractivity contribution in [2.75, 3.05) is 17.5 Å². The predicted octanol–water partition coefficient (Wildman–Crippen LogP) is 4.56. The first-order valence-corrected chi connectivity index (χ1v) is 12.1. The van der Waals surface area contributed by atoms with Gasteiger partial charge in [-0.25, -0.2) is 13.8 Å². The van der Waals surface area contributed by atoms with E-state index in [2.05, 4.69) is 17.1 Å². The lowest BCUT2D eigenvalue weighted by Gasteiger charge is -2.25. The van der Waals surface area contributed by atoms with Gasteiger partial charge in [0, 0.05) is 5.02 Å². The number of amides is 1. The van der Waals surface area contributed by atoms with E-state index in [4.69, 9.17) is 16.3 Å². The molecule has 0 bridgehead atoms. The number of nitrogens with one attached hydrogen (secondary N) is 1. The molecule has 7 nitrogen and oxygen atoms in total. The first kappa shape index (κ1) is 25.0. The molecule has 0 spiro atoms. The fourth-order valence-electron chi connectivity index (χ4n) is 3.04. The van der Waals surface area contributed by atoms with Gasteiger partial charge >= 0.3 is 0 Å². The number of hydrazone groups is 1. The summed E-state index contributed by atoms with van der Waals surface area (Å²) >= 11 is 6.22. The standard InChI is InChI=1S/C25H24ClN3O4S/c1-3-16-33-21-14-12-20(13-15-21)17-27-28-25(30)18-29(24-11-7-10-23(26)19(24)2)34(31,32)22-8-5-4-6-9-22/h3-15,17H,1,16,18H2,2H3,(H,28,30)/b27-17-. The molecule has 34 heavy (non-hydrogen) atoms. The van der Waals surface area contributed by atoms with E-state index in [1.54, 1.807) is 73.7 Å². The van der Waals surface area contributed by atoms with Gasteiger partial charge in [0.25, 0.3) is 15.9 Å². The molecule has 1 N–H and O–H groups in total. The molecule has 0 aromatic heterocycles. The van der Waals surface area contributed by atoms with Gasteiger partial charge in [0.2, 0.25) is 0 Å². The van der Waals surface area contributed by atoms with Crippen molar-refractivity contribution in [1.29, 1.82) is 0 Å². The summed E-state index contributed by atoms with van der Waals surface area (Å²) in [7, 11) is -4.04. The highest BCUT2D eigenvalue weighted by Crippen LogP contribution is 2.30. The lowest BCUT2D eigenvalue weighted by atomic mass is 10.2. The molecule has 3 aromatic carbocycles. The second kappa shape index (κ2) is 11.5. The molecule has 9 heteroatoms. The van der Waals surface area contributed by atoms with Crippen molar-refractivity contribution in [3.05, 3.63) is 102 Å². The Morgan fingerprint density at radius 1 is 1.09 bits per heavy atom. The lowest BCUT2D eigenvalue weighted by molar-refractivity contribution is -0.119. The van der Waals surface area contributed by atoms with Gasteiger partial charge in [-0.2, -0.15) is 5.10 Å². The fraction of sp³-hybridized carbons (Fsp3) is 0.120. The van der Waals surface area contributed by atoms with Gasteiger partial charge < -0.3 is 4.74 Å². The lowest BCUT2D eigenvalue weighted by Crippen LogP contribution is -2.40. The summed E-state index contributed by atoms with van der Waals surface area (Å²) < 4.78 is 33.2. The fourth-order valence-corrected chi connectivity index (χ4v) is 4.70. The molecular formula is C25H24ClN3O4S. The molecule has 0 aliphatic carbocycles. The molecule has 0 atom stereocenters. The van der Waals surface area contributed by atoms with Crippen LogP contribution in [0.4, 0.5) is 5.69 Å². The van der Waals surface area contributed by atoms with Crippen LogP contribution in [0, 0.1) is 6.92 Å². The first-order chi connectivity index (χ1) is 16.3. The van der Waals surface area contributed by atoms with Crippen molar-refractivity contribution in [2.24, 2.45) is 5.10 Å². The number of benzene rings is 3. The molecule has 0 radical (unpaired) electrons. The Hall–Kier alpha value is -3.62. The van der Waals surface area contributed by atoms with E-state index in [-0.39, 0.29) is 4.90 Å². The van der Waals surface area contributed by atoms with Gasteiger partial charge in [0.05, 0.1) is 16.8 Å². The maximum Gasteiger partial charge on any atom is 0.264 e. The second-order valence-corrected chi connectivity index (χ2v) is 9.44. The number of carbonyl (C=O) groups excluding carboxylic acids is 1. The van der Waals surface area contributed by atoms with E-state index >= 15 is 0 Å². The third kappa shape index (κ3) is 6.24. The molecule has 0 unspecified atom stereocenters. The quantitative estimate of drug-likeness (QED) is 0.253. The largest absolute Gasteiger partial charge is 0.490 e. The second-order valence-electron chi connectivity index (χ2n) is 7.17. The van der Waals surface area contributed by atoms with Crippen molar-refractivity contribution in [3.63, 3.8) is 0 Å². The average Bonchev–Trinajstić information content (AvgIpc) is 2.84. The topological polar surface area (TPSA) is 88.1 Å². The Balaban J connectivity index is 1.78. The molecule has 0 heterocycles. The Kier molecular flexibility index (Phi) is 8.45. The summed E-state index contributed by atoms with van der Waals surface area (Å²) in [4.78, 5) is 12.7. The molecule has 0 saturated heterocycles. The molecule has 3 aromatic rings. The highest BCUT2D eigenvalue weighted by molar-refractivity contribution is 7.92. The maximum atomic E-state index is 13.4. The normalized spacial score (nSPS) is 11.2. The van der Waals surface area contributed by atoms with Crippen LogP contribution in [-0.2, 0) is 14.8 Å². The molecule has 176 valence electrons. The van der Waals surface area contributed by atoms with Crippen LogP contribution in [0.2, 0.25) is 5.02 Å². The van der Waals surface area contributed by atoms with Gasteiger partial charge in [-0.05, 0) is 66.6 Å². The minimum absolute atomic E-state index is 0.0597. The van der Waals surface area contributed by atoms with E-state index in [0.717, 1.165) is 9.87 Å². The van der Waals surface area contributed by atoms with Crippen LogP contribution in [-0.4, -0.2) is 33.7 Å². The monoisotopic (exact) mass is 497 g/mol. The Morgan fingerprint density at radius 2 is 1.79 bits per heavy atom. The number of halogens is 1. The molecule has 0 aliphatic rings. The van der Waals surface area contributed by atoms with Crippen molar-refractivity contribution >= 4 is 39.4 Å². The van der Waals surface area contributed by atoms with E-state index < -0.39 is 22.5 Å². The number of nitrogens with zero attached hydrogens (tertiary/aromatic N) is 2. The Morgan fingerprint density at radius 3 is 2.47 bits per heavy atom. The van der Waals surface area contributed by atoms with Crippen LogP contribution in [0.1, 0.15) is 11.1 Å². The minimum atomic E-state index is -4.04. The zero-order chi connectivity index (χ0) is 24.6. The summed E-state index contributed by atoms with van der Waals surface area (Å²) in [6.45, 7) is 5.21. The number of hydrogen-bond acceptors (Lipinski definition) is 5. The zero-order valence-electron chi connectivity index (χ0n) is 18.5. The van der Waals surface area contributed by atoms with Gasteiger partial charge in [-0.1, -0.05) is 48.5 Å². The van der Waals surface area contributed by atoms with Crippen LogP contribution in [0.25, 0.3) is 0 Å². The van der Waals surface area contributed by atoms with E-state index in [1.165, 1.54) is 18.3 Å². The number of anilines is 1. The van der Waals surface area contributed by atoms with Gasteiger partial charge in [0.1, 0.15) is 18.9 Å². The molecule has 0 fully saturated rings. The first-order valence-electron chi connectivity index (χ1n) is 10.3. The van der Waals surface area contributed by atoms with E-state index in [9.17, 15) is 13.2 Å². The summed E-state index contributed by atoms with van der Waals surface area (Å²) in [5.74, 6) is 0.0702. The maximum absolute atomic E-state index is 13.4. The van der Waals surface area contributed by atoms with Crippen LogP contribution in [0.3, 0.4) is 0 Å². The number of carbonyl (C=O) groups is 1. The van der Waals surface area contributed by atoms with Crippen LogP contribution < -0.4 is 14.5 Å². The molecule has 1 amide bonds. The molecular weight excluding hydrogens is 474 g/mol. The third-order valence-corrected chi connectivity index (χ3v) is 6.96. The van der Waals surface area contributed by atoms with Gasteiger partial charge in [-0.15, -0.1) is 0 Å². The average molecular weight is 498 g/mol. The minimum Gasteiger partial charge on any atom is -0.490 e. The van der Waals surface area contributed by atoms with Crippen molar-refractivity contribution in [3.8, 4) is 5.75 Å².